The van der Waals surface area contributed by atoms with Gasteiger partial charge in [0.05, 0.1) is 13.2 Å². The number of likely N-dealkylation sites (N-methyl/N-ethyl adjacent to an activating group) is 1. The van der Waals surface area contributed by atoms with Crippen LogP contribution in [-0.2, 0) is 4.79 Å². The highest BCUT2D eigenvalue weighted by Crippen LogP contribution is 2.18. The Morgan fingerprint density at radius 2 is 2.00 bits per heavy atom. The van der Waals surface area contributed by atoms with Crippen molar-refractivity contribution in [3.63, 3.8) is 0 Å². The number of rotatable bonds is 6. The van der Waals surface area contributed by atoms with E-state index < -0.39 is 6.10 Å². The number of hydrogen-bond acceptors (Lipinski definition) is 3. The molecule has 110 valence electrons. The van der Waals surface area contributed by atoms with Gasteiger partial charge in [-0.05, 0) is 43.5 Å². The van der Waals surface area contributed by atoms with Crippen LogP contribution in [0.15, 0.2) is 30.3 Å². The van der Waals surface area contributed by atoms with Gasteiger partial charge in [0.25, 0.3) is 0 Å². The summed E-state index contributed by atoms with van der Waals surface area (Å²) < 4.78 is 5.10. The molecule has 0 aliphatic heterocycles. The summed E-state index contributed by atoms with van der Waals surface area (Å²) in [5.74, 6) is 0.737. The summed E-state index contributed by atoms with van der Waals surface area (Å²) in [5, 5.41) is 9.23. The standard InChI is InChI=1S/C16H23NO3/c1-12(14-5-7-15(20-4)8-6-14)11-16(19)17(3)10-9-13(2)18/h5-8,11,13,18H,9-10H2,1-4H3/b12-11+. The summed E-state index contributed by atoms with van der Waals surface area (Å²) in [6.45, 7) is 4.17. The SMILES string of the molecule is COc1ccc(/C(C)=C/C(=O)N(C)CCC(C)O)cc1. The third-order valence-corrected chi connectivity index (χ3v) is 3.14. The molecule has 0 bridgehead atoms. The van der Waals surface area contributed by atoms with Crippen LogP contribution in [0, 0.1) is 0 Å². The highest BCUT2D eigenvalue weighted by molar-refractivity contribution is 5.94. The van der Waals surface area contributed by atoms with Crippen molar-refractivity contribution in [2.75, 3.05) is 20.7 Å². The van der Waals surface area contributed by atoms with Crippen molar-refractivity contribution in [1.29, 1.82) is 0 Å². The quantitative estimate of drug-likeness (QED) is 0.812. The van der Waals surface area contributed by atoms with Gasteiger partial charge in [-0.1, -0.05) is 12.1 Å². The number of amides is 1. The molecule has 4 nitrogen and oxygen atoms in total. The van der Waals surface area contributed by atoms with Crippen molar-refractivity contribution in [2.24, 2.45) is 0 Å². The maximum atomic E-state index is 12.0. The van der Waals surface area contributed by atoms with E-state index in [9.17, 15) is 9.90 Å². The highest BCUT2D eigenvalue weighted by atomic mass is 16.5. The van der Waals surface area contributed by atoms with Crippen molar-refractivity contribution >= 4 is 11.5 Å². The molecule has 1 unspecified atom stereocenters. The van der Waals surface area contributed by atoms with E-state index in [4.69, 9.17) is 4.74 Å². The first-order valence-corrected chi connectivity index (χ1v) is 6.70. The summed E-state index contributed by atoms with van der Waals surface area (Å²) in [4.78, 5) is 13.6. The molecule has 1 aromatic carbocycles. The second kappa shape index (κ2) is 7.70. The fraction of sp³-hybridized carbons (Fsp3) is 0.438. The smallest absolute Gasteiger partial charge is 0.246 e. The van der Waals surface area contributed by atoms with Crippen molar-refractivity contribution in [3.8, 4) is 5.75 Å². The van der Waals surface area contributed by atoms with E-state index in [0.29, 0.717) is 13.0 Å². The van der Waals surface area contributed by atoms with Gasteiger partial charge in [-0.25, -0.2) is 0 Å². The molecule has 1 aromatic rings. The number of carbonyl (C=O) groups is 1. The minimum absolute atomic E-state index is 0.0565. The zero-order chi connectivity index (χ0) is 15.1. The molecule has 0 aliphatic carbocycles. The van der Waals surface area contributed by atoms with Crippen LogP contribution in [0.2, 0.25) is 0 Å². The average molecular weight is 277 g/mol. The van der Waals surface area contributed by atoms with Gasteiger partial charge in [-0.15, -0.1) is 0 Å². The van der Waals surface area contributed by atoms with Crippen LogP contribution in [0.3, 0.4) is 0 Å². The molecule has 0 spiro atoms. The molecular formula is C16H23NO3. The third kappa shape index (κ3) is 5.05. The van der Waals surface area contributed by atoms with Gasteiger partial charge < -0.3 is 14.7 Å². The molecule has 1 rings (SSSR count). The number of aliphatic hydroxyl groups excluding tert-OH is 1. The summed E-state index contributed by atoms with van der Waals surface area (Å²) in [6.07, 6.45) is 1.80. The maximum Gasteiger partial charge on any atom is 0.246 e. The molecule has 0 saturated carbocycles. The number of methoxy groups -OCH3 is 1. The molecule has 0 aromatic heterocycles. The van der Waals surface area contributed by atoms with E-state index in [0.717, 1.165) is 16.9 Å². The fourth-order valence-corrected chi connectivity index (χ4v) is 1.72. The Morgan fingerprint density at radius 3 is 2.50 bits per heavy atom. The zero-order valence-electron chi connectivity index (χ0n) is 12.6. The monoisotopic (exact) mass is 277 g/mol. The molecule has 1 atom stereocenters. The predicted molar refractivity (Wildman–Crippen MR) is 80.6 cm³/mol. The van der Waals surface area contributed by atoms with Crippen LogP contribution in [0.1, 0.15) is 25.8 Å². The summed E-state index contributed by atoms with van der Waals surface area (Å²) >= 11 is 0. The van der Waals surface area contributed by atoms with Crippen LogP contribution in [-0.4, -0.2) is 42.7 Å². The summed E-state index contributed by atoms with van der Waals surface area (Å²) in [6, 6.07) is 7.59. The first-order chi connectivity index (χ1) is 9.43. The Hall–Kier alpha value is -1.81. The topological polar surface area (TPSA) is 49.8 Å². The van der Waals surface area contributed by atoms with Gasteiger partial charge in [0.15, 0.2) is 0 Å². The Bertz CT molecular complexity index is 463. The van der Waals surface area contributed by atoms with Crippen molar-refractivity contribution < 1.29 is 14.6 Å². The predicted octanol–water partition coefficient (Wildman–Crippen LogP) is 2.33. The molecule has 1 amide bonds. The van der Waals surface area contributed by atoms with Crippen LogP contribution in [0.25, 0.3) is 5.57 Å². The number of hydrogen-bond donors (Lipinski definition) is 1. The van der Waals surface area contributed by atoms with Crippen molar-refractivity contribution in [3.05, 3.63) is 35.9 Å². The van der Waals surface area contributed by atoms with Gasteiger partial charge in [-0.3, -0.25) is 4.79 Å². The molecule has 0 aliphatic rings. The van der Waals surface area contributed by atoms with Crippen LogP contribution in [0.4, 0.5) is 0 Å². The Balaban J connectivity index is 2.68. The maximum absolute atomic E-state index is 12.0. The molecule has 0 fully saturated rings. The second-order valence-corrected chi connectivity index (χ2v) is 4.95. The minimum Gasteiger partial charge on any atom is -0.497 e. The zero-order valence-corrected chi connectivity index (χ0v) is 12.6. The summed E-state index contributed by atoms with van der Waals surface area (Å²) in [7, 11) is 3.36. The molecule has 20 heavy (non-hydrogen) atoms. The normalized spacial score (nSPS) is 12.9. The largest absolute Gasteiger partial charge is 0.497 e. The minimum atomic E-state index is -0.392. The van der Waals surface area contributed by atoms with E-state index in [1.54, 1.807) is 32.1 Å². The molecule has 0 radical (unpaired) electrons. The number of carbonyl (C=O) groups excluding carboxylic acids is 1. The van der Waals surface area contributed by atoms with Gasteiger partial charge in [0.1, 0.15) is 5.75 Å². The van der Waals surface area contributed by atoms with Crippen molar-refractivity contribution in [1.82, 2.24) is 4.90 Å². The Morgan fingerprint density at radius 1 is 1.40 bits per heavy atom. The van der Waals surface area contributed by atoms with E-state index in [1.165, 1.54) is 0 Å². The molecule has 1 N–H and O–H groups in total. The van der Waals surface area contributed by atoms with Crippen LogP contribution >= 0.6 is 0 Å². The lowest BCUT2D eigenvalue weighted by molar-refractivity contribution is -0.124. The van der Waals surface area contributed by atoms with Gasteiger partial charge in [0.2, 0.25) is 5.91 Å². The van der Waals surface area contributed by atoms with E-state index >= 15 is 0 Å². The number of benzene rings is 1. The first-order valence-electron chi connectivity index (χ1n) is 6.70. The molecular weight excluding hydrogens is 254 g/mol. The first kappa shape index (κ1) is 16.2. The number of allylic oxidation sites excluding steroid dienone is 1. The van der Waals surface area contributed by atoms with Crippen LogP contribution in [0.5, 0.6) is 5.75 Å². The lowest BCUT2D eigenvalue weighted by Gasteiger charge is -2.16. The molecule has 0 heterocycles. The summed E-state index contributed by atoms with van der Waals surface area (Å²) in [5.41, 5.74) is 1.89. The van der Waals surface area contributed by atoms with Gasteiger partial charge in [0, 0.05) is 19.7 Å². The van der Waals surface area contributed by atoms with Gasteiger partial charge in [-0.2, -0.15) is 0 Å². The molecule has 0 saturated heterocycles. The number of ether oxygens (including phenoxy) is 1. The van der Waals surface area contributed by atoms with Crippen LogP contribution < -0.4 is 4.74 Å². The lowest BCUT2D eigenvalue weighted by Crippen LogP contribution is -2.28. The van der Waals surface area contributed by atoms with Crippen molar-refractivity contribution in [2.45, 2.75) is 26.4 Å². The Labute approximate surface area is 120 Å². The van der Waals surface area contributed by atoms with E-state index in [-0.39, 0.29) is 5.91 Å². The second-order valence-electron chi connectivity index (χ2n) is 4.95. The van der Waals surface area contributed by atoms with E-state index in [2.05, 4.69) is 0 Å². The third-order valence-electron chi connectivity index (χ3n) is 3.14. The molecule has 4 heteroatoms. The average Bonchev–Trinajstić information content (AvgIpc) is 2.44. The number of nitrogens with zero attached hydrogens (tertiary/aromatic N) is 1. The van der Waals surface area contributed by atoms with E-state index in [1.807, 2.05) is 31.2 Å². The number of aliphatic hydroxyl groups is 1. The highest BCUT2D eigenvalue weighted by Gasteiger charge is 2.08. The van der Waals surface area contributed by atoms with Gasteiger partial charge >= 0.3 is 0 Å². The fourth-order valence-electron chi connectivity index (χ4n) is 1.72. The lowest BCUT2D eigenvalue weighted by atomic mass is 10.1. The Kier molecular flexibility index (Phi) is 6.25.